The second kappa shape index (κ2) is 5.61. The molecule has 0 spiro atoms. The van der Waals surface area contributed by atoms with Crippen LogP contribution >= 0.6 is 0 Å². The Bertz CT molecular complexity index is 701. The predicted molar refractivity (Wildman–Crippen MR) is 75.2 cm³/mol. The number of hydrogen-bond acceptors (Lipinski definition) is 3. The maximum Gasteiger partial charge on any atom is 0.224 e. The molecule has 5 nitrogen and oxygen atoms in total. The molecule has 0 radical (unpaired) electrons. The third kappa shape index (κ3) is 2.71. The Kier molecular flexibility index (Phi) is 3.50. The van der Waals surface area contributed by atoms with Crippen LogP contribution in [0.4, 0.5) is 0 Å². The Labute approximate surface area is 116 Å². The van der Waals surface area contributed by atoms with Crippen LogP contribution in [0.5, 0.6) is 0 Å². The Morgan fingerprint density at radius 2 is 2.25 bits per heavy atom. The summed E-state index contributed by atoms with van der Waals surface area (Å²) in [6.45, 7) is 0.563. The van der Waals surface area contributed by atoms with Crippen LogP contribution in [-0.4, -0.2) is 22.4 Å². The summed E-state index contributed by atoms with van der Waals surface area (Å²) in [6.07, 6.45) is 5.93. The number of carbonyl (C=O) groups excluding carboxylic acids is 1. The van der Waals surface area contributed by atoms with Gasteiger partial charge < -0.3 is 14.7 Å². The highest BCUT2D eigenvalue weighted by atomic mass is 16.3. The van der Waals surface area contributed by atoms with Crippen molar-refractivity contribution in [2.75, 3.05) is 6.54 Å². The van der Waals surface area contributed by atoms with Crippen LogP contribution in [0.15, 0.2) is 47.5 Å². The lowest BCUT2D eigenvalue weighted by Crippen LogP contribution is -2.27. The van der Waals surface area contributed by atoms with Crippen LogP contribution in [-0.2, 0) is 17.6 Å². The molecule has 0 atom stereocenters. The third-order valence-electron chi connectivity index (χ3n) is 3.21. The van der Waals surface area contributed by atoms with E-state index in [4.69, 9.17) is 4.42 Å². The van der Waals surface area contributed by atoms with Gasteiger partial charge in [0.2, 0.25) is 5.91 Å². The predicted octanol–water partition coefficient (Wildman–Crippen LogP) is 2.06. The van der Waals surface area contributed by atoms with E-state index >= 15 is 0 Å². The fourth-order valence-electron chi connectivity index (χ4n) is 2.20. The number of nitrogens with zero attached hydrogens (tertiary/aromatic N) is 1. The van der Waals surface area contributed by atoms with Crippen LogP contribution in [0.25, 0.3) is 10.9 Å². The zero-order chi connectivity index (χ0) is 13.8. The molecule has 0 fully saturated rings. The van der Waals surface area contributed by atoms with Gasteiger partial charge in [0.15, 0.2) is 6.39 Å². The van der Waals surface area contributed by atoms with Crippen LogP contribution in [0.3, 0.4) is 0 Å². The number of aromatic nitrogens is 2. The first-order chi connectivity index (χ1) is 9.83. The van der Waals surface area contributed by atoms with Crippen molar-refractivity contribution in [3.8, 4) is 0 Å². The van der Waals surface area contributed by atoms with Crippen molar-refractivity contribution in [2.45, 2.75) is 12.8 Å². The molecule has 0 aliphatic carbocycles. The summed E-state index contributed by atoms with van der Waals surface area (Å²) in [5.74, 6) is 0.0123. The second-order valence-electron chi connectivity index (χ2n) is 4.62. The summed E-state index contributed by atoms with van der Waals surface area (Å²) in [7, 11) is 0. The van der Waals surface area contributed by atoms with E-state index in [-0.39, 0.29) is 5.91 Å². The maximum atomic E-state index is 11.9. The van der Waals surface area contributed by atoms with Gasteiger partial charge in [-0.15, -0.1) is 0 Å². The first-order valence-electron chi connectivity index (χ1n) is 6.51. The summed E-state index contributed by atoms with van der Waals surface area (Å²) >= 11 is 0. The minimum atomic E-state index is 0.0123. The lowest BCUT2D eigenvalue weighted by atomic mass is 10.1. The number of carbonyl (C=O) groups is 1. The molecule has 2 N–H and O–H groups in total. The number of aromatic amines is 1. The van der Waals surface area contributed by atoms with Gasteiger partial charge in [-0.2, -0.15) is 0 Å². The van der Waals surface area contributed by atoms with E-state index in [1.807, 2.05) is 30.5 Å². The molecule has 0 saturated heterocycles. The van der Waals surface area contributed by atoms with E-state index < -0.39 is 0 Å². The van der Waals surface area contributed by atoms with E-state index in [2.05, 4.69) is 15.3 Å². The minimum Gasteiger partial charge on any atom is -0.451 e. The lowest BCUT2D eigenvalue weighted by molar-refractivity contribution is -0.120. The molecule has 1 amide bonds. The van der Waals surface area contributed by atoms with E-state index in [9.17, 15) is 4.79 Å². The molecular formula is C15H15N3O2. The monoisotopic (exact) mass is 269 g/mol. The van der Waals surface area contributed by atoms with Gasteiger partial charge in [0.1, 0.15) is 6.26 Å². The molecule has 0 bridgehead atoms. The highest BCUT2D eigenvalue weighted by molar-refractivity contribution is 5.88. The summed E-state index contributed by atoms with van der Waals surface area (Å²) in [6, 6.07) is 7.97. The fraction of sp³-hybridized carbons (Fsp3) is 0.200. The summed E-state index contributed by atoms with van der Waals surface area (Å²) in [5.41, 5.74) is 2.91. The van der Waals surface area contributed by atoms with Crippen LogP contribution in [0.1, 0.15) is 11.3 Å². The molecule has 2 heterocycles. The van der Waals surface area contributed by atoms with E-state index in [1.165, 1.54) is 6.39 Å². The molecule has 3 rings (SSSR count). The van der Waals surface area contributed by atoms with Crippen molar-refractivity contribution in [3.05, 3.63) is 54.4 Å². The van der Waals surface area contributed by atoms with Gasteiger partial charge in [-0.25, -0.2) is 4.98 Å². The van der Waals surface area contributed by atoms with Gasteiger partial charge >= 0.3 is 0 Å². The number of benzene rings is 1. The van der Waals surface area contributed by atoms with Gasteiger partial charge in [-0.05, 0) is 11.6 Å². The van der Waals surface area contributed by atoms with Gasteiger partial charge in [0, 0.05) is 30.1 Å². The van der Waals surface area contributed by atoms with Crippen LogP contribution in [0.2, 0.25) is 0 Å². The molecule has 1 aromatic carbocycles. The smallest absolute Gasteiger partial charge is 0.224 e. The van der Waals surface area contributed by atoms with E-state index in [0.717, 1.165) is 22.2 Å². The minimum absolute atomic E-state index is 0.0123. The maximum absolute atomic E-state index is 11.9. The number of rotatable bonds is 5. The Balaban J connectivity index is 1.56. The number of H-pyrrole nitrogens is 1. The van der Waals surface area contributed by atoms with E-state index in [1.54, 1.807) is 6.26 Å². The number of hydrogen-bond donors (Lipinski definition) is 2. The molecule has 2 aromatic heterocycles. The van der Waals surface area contributed by atoms with Gasteiger partial charge in [-0.1, -0.05) is 18.2 Å². The number of nitrogens with one attached hydrogen (secondary N) is 2. The first-order valence-corrected chi connectivity index (χ1v) is 6.51. The molecule has 3 aromatic rings. The van der Waals surface area contributed by atoms with Crippen molar-refractivity contribution < 1.29 is 9.21 Å². The molecule has 102 valence electrons. The Morgan fingerprint density at radius 3 is 3.10 bits per heavy atom. The molecule has 0 aliphatic rings. The zero-order valence-electron chi connectivity index (χ0n) is 10.9. The molecular weight excluding hydrogens is 254 g/mol. The quantitative estimate of drug-likeness (QED) is 0.744. The van der Waals surface area contributed by atoms with Gasteiger partial charge in [0.25, 0.3) is 0 Å². The van der Waals surface area contributed by atoms with Crippen LogP contribution in [0, 0.1) is 0 Å². The third-order valence-corrected chi connectivity index (χ3v) is 3.21. The molecule has 0 aliphatic heterocycles. The number of oxazole rings is 1. The second-order valence-corrected chi connectivity index (χ2v) is 4.62. The van der Waals surface area contributed by atoms with Crippen molar-refractivity contribution in [3.63, 3.8) is 0 Å². The highest BCUT2D eigenvalue weighted by Crippen LogP contribution is 2.17. The zero-order valence-corrected chi connectivity index (χ0v) is 10.9. The average molecular weight is 269 g/mol. The molecule has 20 heavy (non-hydrogen) atoms. The topological polar surface area (TPSA) is 70.9 Å². The standard InChI is InChI=1S/C15H15N3O2/c19-15(16-6-5-12-9-20-10-18-12)7-11-8-17-14-4-2-1-3-13(11)14/h1-4,8-10,17H,5-7H2,(H,16,19). The highest BCUT2D eigenvalue weighted by Gasteiger charge is 2.08. The summed E-state index contributed by atoms with van der Waals surface area (Å²) < 4.78 is 4.88. The molecule has 0 saturated carbocycles. The van der Waals surface area contributed by atoms with E-state index in [0.29, 0.717) is 19.4 Å². The lowest BCUT2D eigenvalue weighted by Gasteiger charge is -2.03. The van der Waals surface area contributed by atoms with Crippen molar-refractivity contribution in [2.24, 2.45) is 0 Å². The van der Waals surface area contributed by atoms with Crippen molar-refractivity contribution >= 4 is 16.8 Å². The summed E-state index contributed by atoms with van der Waals surface area (Å²) in [4.78, 5) is 19.1. The number of fused-ring (bicyclic) bond motifs is 1. The SMILES string of the molecule is O=C(Cc1c[nH]c2ccccc12)NCCc1cocn1. The van der Waals surface area contributed by atoms with Crippen molar-refractivity contribution in [1.29, 1.82) is 0 Å². The molecule has 0 unspecified atom stereocenters. The Hall–Kier alpha value is -2.56. The average Bonchev–Trinajstić information content (AvgIpc) is 3.09. The normalized spacial score (nSPS) is 10.8. The van der Waals surface area contributed by atoms with Crippen LogP contribution < -0.4 is 5.32 Å². The van der Waals surface area contributed by atoms with Gasteiger partial charge in [0.05, 0.1) is 12.1 Å². The first kappa shape index (κ1) is 12.5. The Morgan fingerprint density at radius 1 is 1.35 bits per heavy atom. The van der Waals surface area contributed by atoms with Crippen molar-refractivity contribution in [1.82, 2.24) is 15.3 Å². The largest absolute Gasteiger partial charge is 0.451 e. The molecule has 5 heteroatoms. The fourth-order valence-corrected chi connectivity index (χ4v) is 2.20. The number of para-hydroxylation sites is 1. The number of amides is 1. The summed E-state index contributed by atoms with van der Waals surface area (Å²) in [5, 5.41) is 3.99. The van der Waals surface area contributed by atoms with Gasteiger partial charge in [-0.3, -0.25) is 4.79 Å².